The number of ether oxygens (including phenoxy) is 1. The molecule has 0 aromatic heterocycles. The standard InChI is InChI=1S/C16H17NO4.ClH/c1-21-15-7-10(2-3-12(15)18)16-11-8-14(20)13(19)6-9(11)4-5-17-16;/h2-3,6-8,16-20H,4-5H2,1H3;1H. The van der Waals surface area contributed by atoms with E-state index >= 15 is 0 Å². The summed E-state index contributed by atoms with van der Waals surface area (Å²) in [5, 5.41) is 32.4. The number of phenols is 3. The van der Waals surface area contributed by atoms with Crippen LogP contribution in [-0.2, 0) is 6.42 Å². The van der Waals surface area contributed by atoms with Crippen LogP contribution in [-0.4, -0.2) is 29.0 Å². The van der Waals surface area contributed by atoms with E-state index in [1.165, 1.54) is 7.11 Å². The highest BCUT2D eigenvalue weighted by Gasteiger charge is 2.24. The molecule has 1 aliphatic heterocycles. The van der Waals surface area contributed by atoms with Gasteiger partial charge in [0.05, 0.1) is 13.2 Å². The molecule has 1 heterocycles. The Kier molecular flexibility index (Phi) is 4.68. The van der Waals surface area contributed by atoms with Crippen molar-refractivity contribution in [2.75, 3.05) is 13.7 Å². The Hall–Kier alpha value is -2.11. The number of fused-ring (bicyclic) bond motifs is 1. The maximum Gasteiger partial charge on any atom is 0.160 e. The van der Waals surface area contributed by atoms with E-state index in [-0.39, 0.29) is 35.7 Å². The number of aromatic hydroxyl groups is 3. The van der Waals surface area contributed by atoms with E-state index in [2.05, 4.69) is 5.32 Å². The lowest BCUT2D eigenvalue weighted by molar-refractivity contribution is 0.372. The highest BCUT2D eigenvalue weighted by atomic mass is 35.5. The molecule has 22 heavy (non-hydrogen) atoms. The quantitative estimate of drug-likeness (QED) is 0.638. The van der Waals surface area contributed by atoms with Crippen LogP contribution in [0.3, 0.4) is 0 Å². The second-order valence-electron chi connectivity index (χ2n) is 5.11. The molecule has 0 amide bonds. The summed E-state index contributed by atoms with van der Waals surface area (Å²) in [5.41, 5.74) is 2.85. The third-order valence-corrected chi connectivity index (χ3v) is 3.83. The summed E-state index contributed by atoms with van der Waals surface area (Å²) in [6.07, 6.45) is 0.787. The highest BCUT2D eigenvalue weighted by molar-refractivity contribution is 5.85. The average Bonchev–Trinajstić information content (AvgIpc) is 2.48. The van der Waals surface area contributed by atoms with Crippen molar-refractivity contribution in [2.45, 2.75) is 12.5 Å². The Morgan fingerprint density at radius 2 is 1.77 bits per heavy atom. The van der Waals surface area contributed by atoms with E-state index in [9.17, 15) is 15.3 Å². The number of hydrogen-bond acceptors (Lipinski definition) is 5. The summed E-state index contributed by atoms with van der Waals surface area (Å²) in [4.78, 5) is 0. The Morgan fingerprint density at radius 1 is 1.05 bits per heavy atom. The molecule has 118 valence electrons. The van der Waals surface area contributed by atoms with Crippen molar-refractivity contribution in [1.29, 1.82) is 0 Å². The zero-order valence-electron chi connectivity index (χ0n) is 12.0. The topological polar surface area (TPSA) is 82.0 Å². The zero-order chi connectivity index (χ0) is 15.0. The number of methoxy groups -OCH3 is 1. The first-order valence-electron chi connectivity index (χ1n) is 6.75. The Bertz CT molecular complexity index is 690. The van der Waals surface area contributed by atoms with E-state index in [1.807, 2.05) is 6.07 Å². The summed E-state index contributed by atoms with van der Waals surface area (Å²) in [6, 6.07) is 8.25. The lowest BCUT2D eigenvalue weighted by Gasteiger charge is -2.28. The Balaban J connectivity index is 0.00000176. The van der Waals surface area contributed by atoms with Crippen LogP contribution in [0.25, 0.3) is 0 Å². The number of phenolic OH excluding ortho intramolecular Hbond substituents is 3. The van der Waals surface area contributed by atoms with Crippen LogP contribution >= 0.6 is 12.4 Å². The molecular formula is C16H18ClNO4. The van der Waals surface area contributed by atoms with Crippen LogP contribution in [0.15, 0.2) is 30.3 Å². The normalized spacial score (nSPS) is 16.5. The third kappa shape index (κ3) is 2.77. The first kappa shape index (κ1) is 16.3. The van der Waals surface area contributed by atoms with Gasteiger partial charge < -0.3 is 25.4 Å². The molecule has 0 fully saturated rings. The van der Waals surface area contributed by atoms with Crippen LogP contribution < -0.4 is 10.1 Å². The predicted molar refractivity (Wildman–Crippen MR) is 85.2 cm³/mol. The maximum absolute atomic E-state index is 9.74. The smallest absolute Gasteiger partial charge is 0.160 e. The van der Waals surface area contributed by atoms with Gasteiger partial charge in [0, 0.05) is 6.54 Å². The first-order valence-corrected chi connectivity index (χ1v) is 6.75. The molecule has 0 radical (unpaired) electrons. The van der Waals surface area contributed by atoms with Crippen molar-refractivity contribution in [3.05, 3.63) is 47.0 Å². The van der Waals surface area contributed by atoms with Crippen molar-refractivity contribution in [2.24, 2.45) is 0 Å². The highest BCUT2D eigenvalue weighted by Crippen LogP contribution is 2.38. The lowest BCUT2D eigenvalue weighted by Crippen LogP contribution is -2.30. The summed E-state index contributed by atoms with van der Waals surface area (Å²) in [5.74, 6) is 0.265. The number of benzene rings is 2. The van der Waals surface area contributed by atoms with Gasteiger partial charge in [0.2, 0.25) is 0 Å². The minimum atomic E-state index is -0.131. The van der Waals surface area contributed by atoms with Crippen LogP contribution in [0.2, 0.25) is 0 Å². The maximum atomic E-state index is 9.74. The number of hydrogen-bond donors (Lipinski definition) is 4. The summed E-state index contributed by atoms with van der Waals surface area (Å²) >= 11 is 0. The predicted octanol–water partition coefficient (Wildman–Crippen LogP) is 2.47. The number of nitrogens with one attached hydrogen (secondary N) is 1. The molecule has 2 aromatic rings. The van der Waals surface area contributed by atoms with Crippen LogP contribution in [0.1, 0.15) is 22.7 Å². The SMILES string of the molecule is COc1cc(C2NCCc3cc(O)c(O)cc32)ccc1O.Cl. The minimum Gasteiger partial charge on any atom is -0.504 e. The summed E-state index contributed by atoms with van der Waals surface area (Å²) in [7, 11) is 1.50. The van der Waals surface area contributed by atoms with E-state index in [4.69, 9.17) is 4.74 Å². The molecule has 0 spiro atoms. The van der Waals surface area contributed by atoms with Crippen molar-refractivity contribution < 1.29 is 20.1 Å². The van der Waals surface area contributed by atoms with Gasteiger partial charge in [-0.05, 0) is 47.4 Å². The molecule has 0 saturated carbocycles. The molecule has 6 heteroatoms. The van der Waals surface area contributed by atoms with Gasteiger partial charge in [-0.15, -0.1) is 12.4 Å². The number of rotatable bonds is 2. The van der Waals surface area contributed by atoms with Crippen LogP contribution in [0.5, 0.6) is 23.0 Å². The fraction of sp³-hybridized carbons (Fsp3) is 0.250. The molecule has 0 bridgehead atoms. The molecule has 0 aliphatic carbocycles. The van der Waals surface area contributed by atoms with Gasteiger partial charge in [-0.3, -0.25) is 0 Å². The molecule has 1 aliphatic rings. The summed E-state index contributed by atoms with van der Waals surface area (Å²) < 4.78 is 5.14. The first-order chi connectivity index (χ1) is 10.1. The average molecular weight is 324 g/mol. The fourth-order valence-corrected chi connectivity index (χ4v) is 2.75. The van der Waals surface area contributed by atoms with Gasteiger partial charge in [0.1, 0.15) is 0 Å². The molecule has 1 unspecified atom stereocenters. The molecule has 4 N–H and O–H groups in total. The van der Waals surface area contributed by atoms with Gasteiger partial charge in [-0.2, -0.15) is 0 Å². The van der Waals surface area contributed by atoms with Gasteiger partial charge >= 0.3 is 0 Å². The second-order valence-corrected chi connectivity index (χ2v) is 5.11. The minimum absolute atomic E-state index is 0. The number of halogens is 1. The Labute approximate surface area is 134 Å². The van der Waals surface area contributed by atoms with Gasteiger partial charge in [0.25, 0.3) is 0 Å². The van der Waals surface area contributed by atoms with Crippen molar-refractivity contribution in [3.63, 3.8) is 0 Å². The van der Waals surface area contributed by atoms with E-state index < -0.39 is 0 Å². The van der Waals surface area contributed by atoms with Gasteiger partial charge in [-0.25, -0.2) is 0 Å². The zero-order valence-corrected chi connectivity index (χ0v) is 12.9. The molecule has 1 atom stereocenters. The van der Waals surface area contributed by atoms with E-state index in [1.54, 1.807) is 24.3 Å². The second kappa shape index (κ2) is 6.34. The van der Waals surface area contributed by atoms with Crippen LogP contribution in [0.4, 0.5) is 0 Å². The monoisotopic (exact) mass is 323 g/mol. The lowest BCUT2D eigenvalue weighted by atomic mass is 9.89. The largest absolute Gasteiger partial charge is 0.504 e. The van der Waals surface area contributed by atoms with Gasteiger partial charge in [-0.1, -0.05) is 6.07 Å². The Morgan fingerprint density at radius 3 is 2.50 bits per heavy atom. The van der Waals surface area contributed by atoms with Crippen LogP contribution in [0, 0.1) is 0 Å². The summed E-state index contributed by atoms with van der Waals surface area (Å²) in [6.45, 7) is 0.769. The molecular weight excluding hydrogens is 306 g/mol. The van der Waals surface area contributed by atoms with Crippen molar-refractivity contribution >= 4 is 12.4 Å². The molecule has 3 rings (SSSR count). The van der Waals surface area contributed by atoms with E-state index in [0.717, 1.165) is 29.7 Å². The fourth-order valence-electron chi connectivity index (χ4n) is 2.75. The third-order valence-electron chi connectivity index (χ3n) is 3.83. The molecule has 5 nitrogen and oxygen atoms in total. The van der Waals surface area contributed by atoms with Crippen molar-refractivity contribution in [1.82, 2.24) is 5.32 Å². The van der Waals surface area contributed by atoms with E-state index in [0.29, 0.717) is 5.75 Å². The van der Waals surface area contributed by atoms with Crippen molar-refractivity contribution in [3.8, 4) is 23.0 Å². The van der Waals surface area contributed by atoms with Gasteiger partial charge in [0.15, 0.2) is 23.0 Å². The molecule has 2 aromatic carbocycles. The molecule has 0 saturated heterocycles.